The van der Waals surface area contributed by atoms with Crippen molar-refractivity contribution in [1.29, 1.82) is 0 Å². The standard InChI is InChI=1S/2C15H9F2N.C6H5NO2/c2*16-11-6-7-12(13(17)9-11)15-8-5-10-3-1-2-4-14(10)18-15;8-6(9)5-3-1-2-4-7-5/h2*1-9H;1-4H,(H,8,9). The number of carboxylic acid groups (broad SMARTS) is 1. The molecular weight excluding hydrogens is 582 g/mol. The lowest BCUT2D eigenvalue weighted by Crippen LogP contribution is -1.97. The van der Waals surface area contributed by atoms with Crippen LogP contribution in [0.2, 0.25) is 0 Å². The molecule has 0 aliphatic rings. The van der Waals surface area contributed by atoms with Gasteiger partial charge in [0.15, 0.2) is 0 Å². The number of aromatic carboxylic acids is 1. The van der Waals surface area contributed by atoms with Crippen molar-refractivity contribution < 1.29 is 27.5 Å². The summed E-state index contributed by atoms with van der Waals surface area (Å²) in [6.45, 7) is 0. The molecule has 0 aliphatic heterocycles. The quantitative estimate of drug-likeness (QED) is 0.203. The van der Waals surface area contributed by atoms with Gasteiger partial charge >= 0.3 is 5.97 Å². The summed E-state index contributed by atoms with van der Waals surface area (Å²) in [6.07, 6.45) is 1.45. The van der Waals surface area contributed by atoms with Crippen molar-refractivity contribution in [2.45, 2.75) is 0 Å². The largest absolute Gasteiger partial charge is 0.477 e. The summed E-state index contributed by atoms with van der Waals surface area (Å²) in [5.74, 6) is -3.36. The molecule has 1 N–H and O–H groups in total. The third-order valence-electron chi connectivity index (χ3n) is 6.50. The Morgan fingerprint density at radius 1 is 0.533 bits per heavy atom. The monoisotopic (exact) mass is 605 g/mol. The number of aromatic nitrogens is 3. The predicted molar refractivity (Wildman–Crippen MR) is 165 cm³/mol. The fourth-order valence-corrected chi connectivity index (χ4v) is 4.32. The normalized spacial score (nSPS) is 10.4. The average molecular weight is 606 g/mol. The van der Waals surface area contributed by atoms with Gasteiger partial charge in [-0.1, -0.05) is 54.6 Å². The van der Waals surface area contributed by atoms with E-state index in [0.29, 0.717) is 22.5 Å². The van der Waals surface area contributed by atoms with E-state index in [0.717, 1.165) is 33.9 Å². The van der Waals surface area contributed by atoms with Crippen LogP contribution in [0.3, 0.4) is 0 Å². The zero-order valence-electron chi connectivity index (χ0n) is 23.4. The van der Waals surface area contributed by atoms with Crippen LogP contribution in [-0.4, -0.2) is 26.0 Å². The SMILES string of the molecule is Fc1ccc(-c2ccc3ccccc3n2)c(F)c1.Fc1ccc(-c2ccc3ccccc3n2)c(F)c1.O=C(O)c1ccccn1. The van der Waals surface area contributed by atoms with E-state index in [1.807, 2.05) is 60.7 Å². The summed E-state index contributed by atoms with van der Waals surface area (Å²) in [6, 6.07) is 34.2. The van der Waals surface area contributed by atoms with Gasteiger partial charge in [0.1, 0.15) is 29.0 Å². The zero-order valence-corrected chi connectivity index (χ0v) is 23.4. The maximum atomic E-state index is 13.7. The van der Waals surface area contributed by atoms with Gasteiger partial charge in [0.05, 0.1) is 22.4 Å². The number of hydrogen-bond donors (Lipinski definition) is 1. The summed E-state index contributed by atoms with van der Waals surface area (Å²) < 4.78 is 53.0. The second kappa shape index (κ2) is 14.0. The van der Waals surface area contributed by atoms with E-state index in [-0.39, 0.29) is 5.69 Å². The van der Waals surface area contributed by atoms with Crippen LogP contribution in [0.25, 0.3) is 44.3 Å². The molecule has 3 aromatic heterocycles. The molecule has 0 saturated heterocycles. The minimum absolute atomic E-state index is 0.0810. The van der Waals surface area contributed by atoms with Crippen molar-refractivity contribution in [3.8, 4) is 22.5 Å². The number of carboxylic acids is 1. The Hall–Kier alpha value is -5.96. The van der Waals surface area contributed by atoms with Gasteiger partial charge in [0, 0.05) is 40.2 Å². The third-order valence-corrected chi connectivity index (χ3v) is 6.50. The van der Waals surface area contributed by atoms with E-state index in [2.05, 4.69) is 15.0 Å². The summed E-state index contributed by atoms with van der Waals surface area (Å²) >= 11 is 0. The summed E-state index contributed by atoms with van der Waals surface area (Å²) in [5, 5.41) is 10.3. The van der Waals surface area contributed by atoms with Crippen molar-refractivity contribution >= 4 is 27.8 Å². The molecule has 4 aromatic carbocycles. The molecule has 7 aromatic rings. The topological polar surface area (TPSA) is 76.0 Å². The highest BCUT2D eigenvalue weighted by Gasteiger charge is 2.09. The minimum Gasteiger partial charge on any atom is -0.477 e. The van der Waals surface area contributed by atoms with Gasteiger partial charge < -0.3 is 5.11 Å². The molecule has 3 heterocycles. The number of fused-ring (bicyclic) bond motifs is 2. The maximum absolute atomic E-state index is 13.7. The lowest BCUT2D eigenvalue weighted by atomic mass is 10.1. The molecule has 0 unspecified atom stereocenters. The maximum Gasteiger partial charge on any atom is 0.354 e. The molecule has 222 valence electrons. The zero-order chi connectivity index (χ0) is 31.8. The Labute approximate surface area is 255 Å². The van der Waals surface area contributed by atoms with Gasteiger partial charge in [-0.3, -0.25) is 0 Å². The van der Waals surface area contributed by atoms with Gasteiger partial charge in [-0.15, -0.1) is 0 Å². The number of para-hydroxylation sites is 2. The Kier molecular flexibility index (Phi) is 9.49. The molecule has 5 nitrogen and oxygen atoms in total. The van der Waals surface area contributed by atoms with Crippen LogP contribution in [0.15, 0.2) is 134 Å². The number of pyridine rings is 3. The summed E-state index contributed by atoms with van der Waals surface area (Å²) in [5.41, 5.74) is 3.29. The van der Waals surface area contributed by atoms with Crippen molar-refractivity contribution in [2.75, 3.05) is 0 Å². The van der Waals surface area contributed by atoms with Crippen molar-refractivity contribution in [3.05, 3.63) is 163 Å². The number of nitrogens with zero attached hydrogens (tertiary/aromatic N) is 3. The number of hydrogen-bond acceptors (Lipinski definition) is 4. The molecule has 0 bridgehead atoms. The van der Waals surface area contributed by atoms with Crippen molar-refractivity contribution in [1.82, 2.24) is 15.0 Å². The molecule has 0 spiro atoms. The highest BCUT2D eigenvalue weighted by molar-refractivity contribution is 5.85. The Bertz CT molecular complexity index is 1980. The Balaban J connectivity index is 0.000000141. The summed E-state index contributed by atoms with van der Waals surface area (Å²) in [4.78, 5) is 22.5. The van der Waals surface area contributed by atoms with Crippen LogP contribution in [0, 0.1) is 23.3 Å². The number of benzene rings is 4. The lowest BCUT2D eigenvalue weighted by Gasteiger charge is -2.04. The first-order valence-electron chi connectivity index (χ1n) is 13.6. The first-order valence-corrected chi connectivity index (χ1v) is 13.6. The van der Waals surface area contributed by atoms with Gasteiger partial charge in [-0.25, -0.2) is 37.3 Å². The fraction of sp³-hybridized carbons (Fsp3) is 0. The van der Waals surface area contributed by atoms with E-state index >= 15 is 0 Å². The molecule has 9 heteroatoms. The first-order chi connectivity index (χ1) is 21.8. The van der Waals surface area contributed by atoms with Gasteiger partial charge in [0.2, 0.25) is 0 Å². The van der Waals surface area contributed by atoms with Crippen molar-refractivity contribution in [3.63, 3.8) is 0 Å². The molecule has 0 atom stereocenters. The van der Waals surface area contributed by atoms with Gasteiger partial charge in [-0.05, 0) is 60.7 Å². The third kappa shape index (κ3) is 7.71. The molecule has 0 fully saturated rings. The van der Waals surface area contributed by atoms with E-state index in [4.69, 9.17) is 5.11 Å². The summed E-state index contributed by atoms with van der Waals surface area (Å²) in [7, 11) is 0. The van der Waals surface area contributed by atoms with E-state index < -0.39 is 29.2 Å². The molecule has 0 aliphatic carbocycles. The Morgan fingerprint density at radius 2 is 1.00 bits per heavy atom. The first kappa shape index (κ1) is 30.5. The highest BCUT2D eigenvalue weighted by atomic mass is 19.1. The van der Waals surface area contributed by atoms with E-state index in [1.54, 1.807) is 24.3 Å². The van der Waals surface area contributed by atoms with Crippen LogP contribution in [-0.2, 0) is 0 Å². The second-order valence-corrected chi connectivity index (χ2v) is 9.55. The average Bonchev–Trinajstić information content (AvgIpc) is 3.05. The van der Waals surface area contributed by atoms with Gasteiger partial charge in [-0.2, -0.15) is 0 Å². The minimum atomic E-state index is -0.990. The van der Waals surface area contributed by atoms with Crippen LogP contribution in [0.4, 0.5) is 17.6 Å². The molecule has 0 radical (unpaired) electrons. The number of rotatable bonds is 3. The van der Waals surface area contributed by atoms with Crippen LogP contribution in [0.1, 0.15) is 10.5 Å². The number of carbonyl (C=O) groups is 1. The number of halogens is 4. The lowest BCUT2D eigenvalue weighted by molar-refractivity contribution is 0.0690. The highest BCUT2D eigenvalue weighted by Crippen LogP contribution is 2.25. The molecule has 0 amide bonds. The van der Waals surface area contributed by atoms with Crippen LogP contribution >= 0.6 is 0 Å². The van der Waals surface area contributed by atoms with Crippen LogP contribution in [0.5, 0.6) is 0 Å². The van der Waals surface area contributed by atoms with E-state index in [1.165, 1.54) is 36.5 Å². The van der Waals surface area contributed by atoms with Crippen molar-refractivity contribution in [2.24, 2.45) is 0 Å². The van der Waals surface area contributed by atoms with Gasteiger partial charge in [0.25, 0.3) is 0 Å². The van der Waals surface area contributed by atoms with E-state index in [9.17, 15) is 22.4 Å². The molecule has 45 heavy (non-hydrogen) atoms. The Morgan fingerprint density at radius 3 is 1.40 bits per heavy atom. The van der Waals surface area contributed by atoms with Crippen LogP contribution < -0.4 is 0 Å². The fourth-order valence-electron chi connectivity index (χ4n) is 4.32. The molecular formula is C36H23F4N3O2. The smallest absolute Gasteiger partial charge is 0.354 e. The molecule has 0 saturated carbocycles. The predicted octanol–water partition coefficient (Wildman–Crippen LogP) is 9.14. The molecule has 7 rings (SSSR count). The second-order valence-electron chi connectivity index (χ2n) is 9.55.